The van der Waals surface area contributed by atoms with Crippen molar-refractivity contribution in [3.05, 3.63) is 52.3 Å². The molecule has 1 aromatic carbocycles. The van der Waals surface area contributed by atoms with Gasteiger partial charge < -0.3 is 15.0 Å². The third-order valence-electron chi connectivity index (χ3n) is 4.06. The maximum Gasteiger partial charge on any atom is 0.411 e. The molecule has 0 saturated heterocycles. The third kappa shape index (κ3) is 4.30. The number of carbonyl (C=O) groups is 3. The van der Waals surface area contributed by atoms with E-state index in [1.807, 2.05) is 6.92 Å². The fraction of sp³-hybridized carbons (Fsp3) is 0.316. The minimum absolute atomic E-state index is 0.0525. The van der Waals surface area contributed by atoms with Gasteiger partial charge in [0.05, 0.1) is 7.11 Å². The summed E-state index contributed by atoms with van der Waals surface area (Å²) in [7, 11) is 1.30. The van der Waals surface area contributed by atoms with Crippen LogP contribution in [0.1, 0.15) is 51.5 Å². The predicted octanol–water partition coefficient (Wildman–Crippen LogP) is 3.20. The van der Waals surface area contributed by atoms with Gasteiger partial charge in [0, 0.05) is 23.5 Å². The number of nitrogens with one attached hydrogen (secondary N) is 3. The molecule has 0 aliphatic carbocycles. The zero-order chi connectivity index (χ0) is 19.3. The highest BCUT2D eigenvalue weighted by molar-refractivity contribution is 6.02. The number of H-pyrrole nitrogens is 1. The van der Waals surface area contributed by atoms with Crippen LogP contribution in [0.5, 0.6) is 0 Å². The number of anilines is 1. The van der Waals surface area contributed by atoms with Gasteiger partial charge in [0.2, 0.25) is 0 Å². The average Bonchev–Trinajstić information content (AvgIpc) is 2.97. The molecule has 7 nitrogen and oxygen atoms in total. The van der Waals surface area contributed by atoms with Crippen LogP contribution in [0.2, 0.25) is 0 Å². The molecule has 0 saturated carbocycles. The second-order valence-corrected chi connectivity index (χ2v) is 5.88. The number of ketones is 1. The highest BCUT2D eigenvalue weighted by atomic mass is 16.5. The number of methoxy groups -OCH3 is 1. The highest BCUT2D eigenvalue weighted by Gasteiger charge is 2.21. The number of benzene rings is 1. The van der Waals surface area contributed by atoms with E-state index in [1.54, 1.807) is 31.2 Å². The number of rotatable bonds is 6. The van der Waals surface area contributed by atoms with Crippen LogP contribution in [-0.4, -0.2) is 29.9 Å². The first kappa shape index (κ1) is 19.2. The van der Waals surface area contributed by atoms with Crippen LogP contribution in [0.3, 0.4) is 0 Å². The number of ether oxygens (including phenoxy) is 1. The summed E-state index contributed by atoms with van der Waals surface area (Å²) in [5, 5.41) is 5.41. The number of hydrogen-bond donors (Lipinski definition) is 3. The number of hydrogen-bond acceptors (Lipinski definition) is 4. The van der Waals surface area contributed by atoms with Crippen molar-refractivity contribution in [3.8, 4) is 0 Å². The molecule has 2 amide bonds. The van der Waals surface area contributed by atoms with E-state index in [-0.39, 0.29) is 11.7 Å². The maximum absolute atomic E-state index is 12.5. The molecule has 138 valence electrons. The topological polar surface area (TPSA) is 100 Å². The number of aryl methyl sites for hydroxylation is 1. The van der Waals surface area contributed by atoms with E-state index in [9.17, 15) is 14.4 Å². The molecule has 0 bridgehead atoms. The average molecular weight is 357 g/mol. The monoisotopic (exact) mass is 357 g/mol. The van der Waals surface area contributed by atoms with Crippen LogP contribution in [0.25, 0.3) is 0 Å². The first-order valence-corrected chi connectivity index (χ1v) is 8.31. The third-order valence-corrected chi connectivity index (χ3v) is 4.06. The van der Waals surface area contributed by atoms with Gasteiger partial charge in [-0.25, -0.2) is 4.79 Å². The van der Waals surface area contributed by atoms with Gasteiger partial charge in [-0.05, 0) is 43.5 Å². The van der Waals surface area contributed by atoms with Crippen molar-refractivity contribution in [2.24, 2.45) is 0 Å². The molecule has 0 unspecified atom stereocenters. The minimum atomic E-state index is -0.540. The Morgan fingerprint density at radius 1 is 1.15 bits per heavy atom. The summed E-state index contributed by atoms with van der Waals surface area (Å²) >= 11 is 0. The van der Waals surface area contributed by atoms with Gasteiger partial charge in [-0.1, -0.05) is 19.1 Å². The van der Waals surface area contributed by atoms with Crippen molar-refractivity contribution in [3.63, 3.8) is 0 Å². The summed E-state index contributed by atoms with van der Waals surface area (Å²) < 4.78 is 4.53. The second-order valence-electron chi connectivity index (χ2n) is 5.88. The Kier molecular flexibility index (Phi) is 6.16. The molecule has 2 rings (SSSR count). The number of aromatic amines is 1. The van der Waals surface area contributed by atoms with Gasteiger partial charge in [-0.2, -0.15) is 0 Å². The summed E-state index contributed by atoms with van der Waals surface area (Å²) in [4.78, 5) is 38.5. The lowest BCUT2D eigenvalue weighted by atomic mass is 10.0. The number of amides is 2. The van der Waals surface area contributed by atoms with Crippen LogP contribution in [0.15, 0.2) is 24.3 Å². The standard InChI is InChI=1S/C19H23N3O4/c1-5-15-16(12(3)23)11(2)21-17(15)18(24)20-10-13-6-8-14(9-7-13)22-19(25)26-4/h6-9,21H,5,10H2,1-4H3,(H,20,24)(H,22,25). The molecule has 2 aromatic rings. The molecule has 0 fully saturated rings. The summed E-state index contributed by atoms with van der Waals surface area (Å²) in [6.45, 7) is 5.54. The van der Waals surface area contributed by atoms with Crippen molar-refractivity contribution < 1.29 is 19.1 Å². The summed E-state index contributed by atoms with van der Waals surface area (Å²) in [6, 6.07) is 7.05. The number of Topliss-reactive ketones (excluding diaryl/α,β-unsaturated/α-hetero) is 1. The number of aromatic nitrogens is 1. The normalized spacial score (nSPS) is 10.3. The first-order valence-electron chi connectivity index (χ1n) is 8.31. The van der Waals surface area contributed by atoms with Crippen LogP contribution < -0.4 is 10.6 Å². The Labute approximate surface area is 152 Å². The van der Waals surface area contributed by atoms with Crippen LogP contribution >= 0.6 is 0 Å². The van der Waals surface area contributed by atoms with Crippen LogP contribution in [0, 0.1) is 6.92 Å². The lowest BCUT2D eigenvalue weighted by molar-refractivity contribution is 0.0945. The van der Waals surface area contributed by atoms with Crippen molar-refractivity contribution in [2.45, 2.75) is 33.7 Å². The molecule has 0 radical (unpaired) electrons. The van der Waals surface area contributed by atoms with Crippen LogP contribution in [0.4, 0.5) is 10.5 Å². The zero-order valence-corrected chi connectivity index (χ0v) is 15.4. The maximum atomic E-state index is 12.5. The van der Waals surface area contributed by atoms with Gasteiger partial charge in [0.1, 0.15) is 5.69 Å². The van der Waals surface area contributed by atoms with Gasteiger partial charge in [0.15, 0.2) is 5.78 Å². The Morgan fingerprint density at radius 2 is 1.81 bits per heavy atom. The Morgan fingerprint density at radius 3 is 2.35 bits per heavy atom. The molecule has 0 atom stereocenters. The number of carbonyl (C=O) groups excluding carboxylic acids is 3. The Balaban J connectivity index is 2.06. The first-order chi connectivity index (χ1) is 12.4. The molecule has 0 aliphatic rings. The van der Waals surface area contributed by atoms with E-state index in [0.717, 1.165) is 11.1 Å². The summed E-state index contributed by atoms with van der Waals surface area (Å²) in [6.07, 6.45) is 0.0529. The van der Waals surface area contributed by atoms with Gasteiger partial charge in [-0.15, -0.1) is 0 Å². The predicted molar refractivity (Wildman–Crippen MR) is 98.6 cm³/mol. The molecule has 1 aromatic heterocycles. The van der Waals surface area contributed by atoms with Crippen molar-refractivity contribution in [2.75, 3.05) is 12.4 Å². The fourth-order valence-corrected chi connectivity index (χ4v) is 2.85. The van der Waals surface area contributed by atoms with E-state index >= 15 is 0 Å². The molecule has 26 heavy (non-hydrogen) atoms. The second kappa shape index (κ2) is 8.33. The van der Waals surface area contributed by atoms with E-state index in [1.165, 1.54) is 14.0 Å². The largest absolute Gasteiger partial charge is 0.453 e. The fourth-order valence-electron chi connectivity index (χ4n) is 2.85. The van der Waals surface area contributed by atoms with Gasteiger partial charge in [0.25, 0.3) is 5.91 Å². The smallest absolute Gasteiger partial charge is 0.411 e. The quantitative estimate of drug-likeness (QED) is 0.691. The molecule has 0 spiro atoms. The van der Waals surface area contributed by atoms with Gasteiger partial charge >= 0.3 is 6.09 Å². The van der Waals surface area contributed by atoms with Crippen molar-refractivity contribution >= 4 is 23.5 Å². The lowest BCUT2D eigenvalue weighted by Gasteiger charge is -2.08. The van der Waals surface area contributed by atoms with E-state index in [4.69, 9.17) is 0 Å². The van der Waals surface area contributed by atoms with Crippen LogP contribution in [-0.2, 0) is 17.7 Å². The highest BCUT2D eigenvalue weighted by Crippen LogP contribution is 2.20. The molecule has 0 aliphatic heterocycles. The SMILES string of the molecule is CCc1c(C(=O)NCc2ccc(NC(=O)OC)cc2)[nH]c(C)c1C(C)=O. The van der Waals surface area contributed by atoms with Gasteiger partial charge in [-0.3, -0.25) is 14.9 Å². The van der Waals surface area contributed by atoms with E-state index < -0.39 is 6.09 Å². The van der Waals surface area contributed by atoms with E-state index in [0.29, 0.717) is 35.6 Å². The van der Waals surface area contributed by atoms with Crippen molar-refractivity contribution in [1.29, 1.82) is 0 Å². The lowest BCUT2D eigenvalue weighted by Crippen LogP contribution is -2.24. The molecular weight excluding hydrogens is 334 g/mol. The Bertz CT molecular complexity index is 822. The molecule has 3 N–H and O–H groups in total. The zero-order valence-electron chi connectivity index (χ0n) is 15.4. The molecular formula is C19H23N3O4. The Hall–Kier alpha value is -3.09. The van der Waals surface area contributed by atoms with E-state index in [2.05, 4.69) is 20.4 Å². The molecule has 7 heteroatoms. The minimum Gasteiger partial charge on any atom is -0.453 e. The summed E-state index contributed by atoms with van der Waals surface area (Å²) in [5.41, 5.74) is 3.95. The van der Waals surface area contributed by atoms with Crippen molar-refractivity contribution in [1.82, 2.24) is 10.3 Å². The molecule has 1 heterocycles. The summed E-state index contributed by atoms with van der Waals surface area (Å²) in [5.74, 6) is -0.308.